The Balaban J connectivity index is 2.73. The summed E-state index contributed by atoms with van der Waals surface area (Å²) in [5.74, 6) is -1.56. The Bertz CT molecular complexity index is 556. The number of hydrogen-bond acceptors (Lipinski definition) is 5. The van der Waals surface area contributed by atoms with Crippen molar-refractivity contribution >= 4 is 17.6 Å². The van der Waals surface area contributed by atoms with Crippen molar-refractivity contribution < 1.29 is 24.4 Å². The third kappa shape index (κ3) is 5.09. The Morgan fingerprint density at radius 1 is 1.43 bits per heavy atom. The van der Waals surface area contributed by atoms with Gasteiger partial charge in [-0.1, -0.05) is 0 Å². The van der Waals surface area contributed by atoms with Crippen molar-refractivity contribution in [3.63, 3.8) is 0 Å². The molecular formula is C13H16N2O6. The van der Waals surface area contributed by atoms with Crippen molar-refractivity contribution in [2.24, 2.45) is 0 Å². The number of nitro benzene ring substituents is 1. The van der Waals surface area contributed by atoms with E-state index in [1.807, 2.05) is 13.8 Å². The molecule has 1 aromatic rings. The number of carbonyl (C=O) groups is 2. The molecule has 0 spiro atoms. The molecule has 2 N–H and O–H groups in total. The van der Waals surface area contributed by atoms with Crippen LogP contribution in [0.1, 0.15) is 30.6 Å². The molecule has 1 amide bonds. The van der Waals surface area contributed by atoms with Crippen LogP contribution in [0.25, 0.3) is 0 Å². The highest BCUT2D eigenvalue weighted by molar-refractivity contribution is 5.88. The molecule has 8 heteroatoms. The molecule has 0 saturated carbocycles. The van der Waals surface area contributed by atoms with Gasteiger partial charge in [-0.3, -0.25) is 14.9 Å². The molecule has 0 heterocycles. The number of aromatic carboxylic acids is 1. The van der Waals surface area contributed by atoms with Crippen LogP contribution in [0.2, 0.25) is 0 Å². The summed E-state index contributed by atoms with van der Waals surface area (Å²) in [5, 5.41) is 22.4. The highest BCUT2D eigenvalue weighted by Crippen LogP contribution is 2.28. The minimum absolute atomic E-state index is 0.00156. The van der Waals surface area contributed by atoms with Crippen molar-refractivity contribution in [1.82, 2.24) is 5.32 Å². The molecule has 0 aromatic heterocycles. The zero-order valence-electron chi connectivity index (χ0n) is 11.7. The van der Waals surface area contributed by atoms with Gasteiger partial charge in [0.15, 0.2) is 5.75 Å². The van der Waals surface area contributed by atoms with E-state index in [0.717, 1.165) is 6.07 Å². The summed E-state index contributed by atoms with van der Waals surface area (Å²) in [6.45, 7) is 3.59. The Kier molecular flexibility index (Phi) is 5.65. The predicted molar refractivity (Wildman–Crippen MR) is 73.4 cm³/mol. The summed E-state index contributed by atoms with van der Waals surface area (Å²) in [5.41, 5.74) is -0.647. The minimum atomic E-state index is -1.26. The van der Waals surface area contributed by atoms with Crippen LogP contribution in [0.15, 0.2) is 18.2 Å². The summed E-state index contributed by atoms with van der Waals surface area (Å²) < 4.78 is 5.19. The standard InChI is InChI=1S/C13H16N2O6/c1-8(2)14-12(16)5-6-21-11-4-3-9(13(17)18)7-10(11)15(19)20/h3-4,7-8H,5-6H2,1-2H3,(H,14,16)(H,17,18). The fourth-order valence-electron chi connectivity index (χ4n) is 1.56. The number of carboxylic acids is 1. The second-order valence-corrected chi connectivity index (χ2v) is 4.57. The second kappa shape index (κ2) is 7.22. The number of carboxylic acid groups (broad SMARTS) is 1. The van der Waals surface area contributed by atoms with Crippen LogP contribution in [0.3, 0.4) is 0 Å². The van der Waals surface area contributed by atoms with Gasteiger partial charge in [0, 0.05) is 12.1 Å². The van der Waals surface area contributed by atoms with Gasteiger partial charge in [0.2, 0.25) is 5.91 Å². The van der Waals surface area contributed by atoms with Crippen molar-refractivity contribution in [1.29, 1.82) is 0 Å². The van der Waals surface area contributed by atoms with E-state index in [4.69, 9.17) is 9.84 Å². The smallest absolute Gasteiger partial charge is 0.335 e. The van der Waals surface area contributed by atoms with Crippen LogP contribution in [-0.2, 0) is 4.79 Å². The average molecular weight is 296 g/mol. The molecule has 0 aliphatic heterocycles. The van der Waals surface area contributed by atoms with Crippen molar-refractivity contribution in [3.8, 4) is 5.75 Å². The molecule has 0 aliphatic carbocycles. The lowest BCUT2D eigenvalue weighted by Crippen LogP contribution is -2.31. The van der Waals surface area contributed by atoms with Gasteiger partial charge in [-0.25, -0.2) is 4.79 Å². The average Bonchev–Trinajstić information content (AvgIpc) is 2.37. The number of nitrogens with one attached hydrogen (secondary N) is 1. The fraction of sp³-hybridized carbons (Fsp3) is 0.385. The topological polar surface area (TPSA) is 119 Å². The molecule has 0 radical (unpaired) electrons. The normalized spacial score (nSPS) is 10.2. The van der Waals surface area contributed by atoms with Gasteiger partial charge >= 0.3 is 11.7 Å². The van der Waals surface area contributed by atoms with Crippen LogP contribution in [0, 0.1) is 10.1 Å². The Labute approximate surface area is 120 Å². The van der Waals surface area contributed by atoms with E-state index in [1.54, 1.807) is 0 Å². The first-order chi connectivity index (χ1) is 9.81. The summed E-state index contributed by atoms with van der Waals surface area (Å²) >= 11 is 0. The van der Waals surface area contributed by atoms with E-state index < -0.39 is 16.6 Å². The number of amides is 1. The number of nitrogens with zero attached hydrogens (tertiary/aromatic N) is 1. The third-order valence-corrected chi connectivity index (χ3v) is 2.44. The van der Waals surface area contributed by atoms with Crippen LogP contribution >= 0.6 is 0 Å². The molecule has 0 atom stereocenters. The quantitative estimate of drug-likeness (QED) is 0.582. The molecule has 0 unspecified atom stereocenters. The second-order valence-electron chi connectivity index (χ2n) is 4.57. The lowest BCUT2D eigenvalue weighted by Gasteiger charge is -2.09. The van der Waals surface area contributed by atoms with Gasteiger partial charge in [0.25, 0.3) is 0 Å². The zero-order chi connectivity index (χ0) is 16.0. The van der Waals surface area contributed by atoms with E-state index in [1.165, 1.54) is 12.1 Å². The van der Waals surface area contributed by atoms with E-state index >= 15 is 0 Å². The van der Waals surface area contributed by atoms with Crippen molar-refractivity contribution in [3.05, 3.63) is 33.9 Å². The third-order valence-electron chi connectivity index (χ3n) is 2.44. The molecule has 8 nitrogen and oxygen atoms in total. The first kappa shape index (κ1) is 16.4. The molecule has 1 aromatic carbocycles. The number of benzene rings is 1. The SMILES string of the molecule is CC(C)NC(=O)CCOc1ccc(C(=O)O)cc1[N+](=O)[O-]. The molecule has 1 rings (SSSR count). The van der Waals surface area contributed by atoms with E-state index in [2.05, 4.69) is 5.32 Å². The van der Waals surface area contributed by atoms with E-state index in [9.17, 15) is 19.7 Å². The van der Waals surface area contributed by atoms with Gasteiger partial charge in [-0.2, -0.15) is 0 Å². The highest BCUT2D eigenvalue weighted by atomic mass is 16.6. The Morgan fingerprint density at radius 2 is 2.10 bits per heavy atom. The van der Waals surface area contributed by atoms with Crippen LogP contribution in [0.5, 0.6) is 5.75 Å². The Hall–Kier alpha value is -2.64. The predicted octanol–water partition coefficient (Wildman–Crippen LogP) is 1.59. The van der Waals surface area contributed by atoms with Crippen molar-refractivity contribution in [2.75, 3.05) is 6.61 Å². The monoisotopic (exact) mass is 296 g/mol. The largest absolute Gasteiger partial charge is 0.486 e. The lowest BCUT2D eigenvalue weighted by molar-refractivity contribution is -0.385. The summed E-state index contributed by atoms with van der Waals surface area (Å²) in [6.07, 6.45) is 0.0516. The molecule has 0 bridgehead atoms. The van der Waals surface area contributed by atoms with Gasteiger partial charge in [0.1, 0.15) is 0 Å². The highest BCUT2D eigenvalue weighted by Gasteiger charge is 2.18. The first-order valence-electron chi connectivity index (χ1n) is 6.25. The van der Waals surface area contributed by atoms with Gasteiger partial charge in [-0.05, 0) is 26.0 Å². The molecule has 114 valence electrons. The number of ether oxygens (including phenoxy) is 1. The summed E-state index contributed by atoms with van der Waals surface area (Å²) in [4.78, 5) is 32.3. The molecule has 21 heavy (non-hydrogen) atoms. The summed E-state index contributed by atoms with van der Waals surface area (Å²) in [6, 6.07) is 3.34. The minimum Gasteiger partial charge on any atom is -0.486 e. The lowest BCUT2D eigenvalue weighted by atomic mass is 10.2. The maximum Gasteiger partial charge on any atom is 0.335 e. The van der Waals surface area contributed by atoms with Crippen LogP contribution in [0.4, 0.5) is 5.69 Å². The van der Waals surface area contributed by atoms with Crippen molar-refractivity contribution in [2.45, 2.75) is 26.3 Å². The van der Waals surface area contributed by atoms with Gasteiger partial charge in [0.05, 0.1) is 23.5 Å². The first-order valence-corrected chi connectivity index (χ1v) is 6.25. The molecule has 0 aliphatic rings. The van der Waals surface area contributed by atoms with Gasteiger partial charge in [-0.15, -0.1) is 0 Å². The fourth-order valence-corrected chi connectivity index (χ4v) is 1.56. The zero-order valence-corrected chi connectivity index (χ0v) is 11.7. The Morgan fingerprint density at radius 3 is 2.62 bits per heavy atom. The number of rotatable bonds is 7. The van der Waals surface area contributed by atoms with E-state index in [0.29, 0.717) is 0 Å². The molecule has 0 saturated heterocycles. The maximum absolute atomic E-state index is 11.4. The van der Waals surface area contributed by atoms with E-state index in [-0.39, 0.29) is 36.3 Å². The van der Waals surface area contributed by atoms with Gasteiger partial charge < -0.3 is 15.2 Å². The number of nitro groups is 1. The number of carbonyl (C=O) groups excluding carboxylic acids is 1. The molecule has 0 fully saturated rings. The van der Waals surface area contributed by atoms with Crippen LogP contribution < -0.4 is 10.1 Å². The molecular weight excluding hydrogens is 280 g/mol. The number of hydrogen-bond donors (Lipinski definition) is 2. The van der Waals surface area contributed by atoms with Crippen LogP contribution in [-0.4, -0.2) is 34.6 Å². The maximum atomic E-state index is 11.4. The summed E-state index contributed by atoms with van der Waals surface area (Å²) in [7, 11) is 0.